The lowest BCUT2D eigenvalue weighted by Gasteiger charge is -2.34. The minimum Gasteiger partial charge on any atom is -0.451 e. The second kappa shape index (κ2) is 5.32. The summed E-state index contributed by atoms with van der Waals surface area (Å²) in [4.78, 5) is 14.6. The summed E-state index contributed by atoms with van der Waals surface area (Å²) in [6, 6.07) is 6.02. The van der Waals surface area contributed by atoms with Crippen molar-refractivity contribution in [3.05, 3.63) is 40.2 Å². The minimum atomic E-state index is -0.507. The van der Waals surface area contributed by atoms with Gasteiger partial charge in [0.15, 0.2) is 11.6 Å². The molecule has 1 fully saturated rings. The number of furan rings is 1. The Labute approximate surface area is 136 Å². The van der Waals surface area contributed by atoms with Gasteiger partial charge in [0.05, 0.1) is 10.5 Å². The highest BCUT2D eigenvalue weighted by atomic mass is 35.5. The lowest BCUT2D eigenvalue weighted by atomic mass is 9.77. The van der Waals surface area contributed by atoms with Gasteiger partial charge in [0.2, 0.25) is 0 Å². The Morgan fingerprint density at radius 1 is 1.30 bits per heavy atom. The standard InChI is InChI=1S/C14H12N4O4.ClH/c15-14(4-1-5-14)13-16-12(22-17-13)11-7-8-6-9(18(19)20)2-3-10(8)21-11;/h2-3,6-7H,1,4-5,15H2;1H. The van der Waals surface area contributed by atoms with Crippen LogP contribution in [0.25, 0.3) is 22.6 Å². The van der Waals surface area contributed by atoms with Gasteiger partial charge < -0.3 is 14.7 Å². The normalized spacial score (nSPS) is 15.9. The topological polar surface area (TPSA) is 121 Å². The van der Waals surface area contributed by atoms with Crippen LogP contribution in [0, 0.1) is 10.1 Å². The molecular formula is C14H13ClN4O4. The molecule has 2 aromatic heterocycles. The van der Waals surface area contributed by atoms with Gasteiger partial charge >= 0.3 is 0 Å². The molecule has 0 saturated heterocycles. The molecule has 0 bridgehead atoms. The van der Waals surface area contributed by atoms with Crippen LogP contribution in [0.2, 0.25) is 0 Å². The monoisotopic (exact) mass is 336 g/mol. The lowest BCUT2D eigenvalue weighted by Crippen LogP contribution is -2.44. The highest BCUT2D eigenvalue weighted by molar-refractivity contribution is 5.85. The van der Waals surface area contributed by atoms with Crippen LogP contribution in [0.15, 0.2) is 33.2 Å². The predicted octanol–water partition coefficient (Wildman–Crippen LogP) is 3.15. The van der Waals surface area contributed by atoms with Gasteiger partial charge in [-0.3, -0.25) is 10.1 Å². The van der Waals surface area contributed by atoms with Crippen molar-refractivity contribution < 1.29 is 13.9 Å². The number of nitrogens with zero attached hydrogens (tertiary/aromatic N) is 3. The first-order valence-corrected chi connectivity index (χ1v) is 6.87. The van der Waals surface area contributed by atoms with Crippen LogP contribution in [0.1, 0.15) is 25.1 Å². The Hall–Kier alpha value is -2.45. The van der Waals surface area contributed by atoms with E-state index in [9.17, 15) is 10.1 Å². The Morgan fingerprint density at radius 3 is 2.74 bits per heavy atom. The summed E-state index contributed by atoms with van der Waals surface area (Å²) in [7, 11) is 0. The van der Waals surface area contributed by atoms with E-state index < -0.39 is 10.5 Å². The fraction of sp³-hybridized carbons (Fsp3) is 0.286. The molecule has 1 aliphatic rings. The van der Waals surface area contributed by atoms with Gasteiger partial charge in [-0.1, -0.05) is 5.16 Å². The molecule has 1 aromatic carbocycles. The Kier molecular flexibility index (Phi) is 3.57. The number of non-ortho nitro benzene ring substituents is 1. The molecule has 2 N–H and O–H groups in total. The molecule has 9 heteroatoms. The molecule has 2 heterocycles. The fourth-order valence-electron chi connectivity index (χ4n) is 2.56. The maximum Gasteiger partial charge on any atom is 0.293 e. The number of hydrogen-bond acceptors (Lipinski definition) is 7. The fourth-order valence-corrected chi connectivity index (χ4v) is 2.56. The summed E-state index contributed by atoms with van der Waals surface area (Å²) in [5.41, 5.74) is 6.17. The first-order chi connectivity index (χ1) is 10.5. The van der Waals surface area contributed by atoms with Crippen molar-refractivity contribution in [1.82, 2.24) is 10.1 Å². The maximum atomic E-state index is 10.8. The molecule has 0 radical (unpaired) electrons. The van der Waals surface area contributed by atoms with E-state index in [1.54, 1.807) is 12.1 Å². The van der Waals surface area contributed by atoms with Crippen molar-refractivity contribution >= 4 is 29.1 Å². The average Bonchev–Trinajstić information content (AvgIpc) is 3.10. The molecule has 0 spiro atoms. The lowest BCUT2D eigenvalue weighted by molar-refractivity contribution is -0.384. The molecule has 23 heavy (non-hydrogen) atoms. The number of nitrogens with two attached hydrogens (primary N) is 1. The van der Waals surface area contributed by atoms with Gasteiger partial charge in [0, 0.05) is 17.5 Å². The Bertz CT molecular complexity index is 884. The molecule has 0 unspecified atom stereocenters. The minimum absolute atomic E-state index is 0. The van der Waals surface area contributed by atoms with E-state index >= 15 is 0 Å². The third-order valence-electron chi connectivity index (χ3n) is 4.04. The number of nitro groups is 1. The van der Waals surface area contributed by atoms with Crippen molar-refractivity contribution in [2.45, 2.75) is 24.8 Å². The van der Waals surface area contributed by atoms with Crippen LogP contribution in [0.3, 0.4) is 0 Å². The summed E-state index contributed by atoms with van der Waals surface area (Å²) in [5, 5.41) is 15.3. The average molecular weight is 337 g/mol. The molecule has 3 aromatic rings. The van der Waals surface area contributed by atoms with Crippen LogP contribution >= 0.6 is 12.4 Å². The number of halogens is 1. The van der Waals surface area contributed by atoms with Crippen molar-refractivity contribution in [3.8, 4) is 11.7 Å². The predicted molar refractivity (Wildman–Crippen MR) is 83.1 cm³/mol. The van der Waals surface area contributed by atoms with Gasteiger partial charge in [-0.25, -0.2) is 0 Å². The molecular weight excluding hydrogens is 324 g/mol. The van der Waals surface area contributed by atoms with E-state index in [1.165, 1.54) is 12.1 Å². The van der Waals surface area contributed by atoms with E-state index in [0.717, 1.165) is 19.3 Å². The van der Waals surface area contributed by atoms with Gasteiger partial charge in [0.25, 0.3) is 11.6 Å². The highest BCUT2D eigenvalue weighted by Gasteiger charge is 2.39. The maximum absolute atomic E-state index is 10.8. The molecule has 0 aliphatic heterocycles. The van der Waals surface area contributed by atoms with Crippen molar-refractivity contribution in [3.63, 3.8) is 0 Å². The second-order valence-electron chi connectivity index (χ2n) is 5.52. The number of rotatable bonds is 3. The van der Waals surface area contributed by atoms with E-state index in [0.29, 0.717) is 22.6 Å². The highest BCUT2D eigenvalue weighted by Crippen LogP contribution is 2.38. The zero-order valence-corrected chi connectivity index (χ0v) is 12.7. The number of fused-ring (bicyclic) bond motifs is 1. The molecule has 120 valence electrons. The third-order valence-corrected chi connectivity index (χ3v) is 4.04. The van der Waals surface area contributed by atoms with Gasteiger partial charge in [-0.05, 0) is 31.4 Å². The second-order valence-corrected chi connectivity index (χ2v) is 5.52. The first-order valence-electron chi connectivity index (χ1n) is 6.87. The number of aromatic nitrogens is 2. The van der Waals surface area contributed by atoms with E-state index in [1.807, 2.05) is 0 Å². The van der Waals surface area contributed by atoms with Crippen LogP contribution < -0.4 is 5.73 Å². The molecule has 1 aliphatic carbocycles. The smallest absolute Gasteiger partial charge is 0.293 e. The molecule has 8 nitrogen and oxygen atoms in total. The van der Waals surface area contributed by atoms with E-state index in [2.05, 4.69) is 10.1 Å². The van der Waals surface area contributed by atoms with Gasteiger partial charge in [-0.15, -0.1) is 12.4 Å². The van der Waals surface area contributed by atoms with Crippen LogP contribution in [-0.2, 0) is 5.54 Å². The van der Waals surface area contributed by atoms with E-state index in [-0.39, 0.29) is 24.0 Å². The van der Waals surface area contributed by atoms with Crippen molar-refractivity contribution in [2.24, 2.45) is 5.73 Å². The molecule has 4 rings (SSSR count). The molecule has 0 atom stereocenters. The summed E-state index contributed by atoms with van der Waals surface area (Å²) < 4.78 is 10.8. The summed E-state index contributed by atoms with van der Waals surface area (Å²) in [6.45, 7) is 0. The van der Waals surface area contributed by atoms with E-state index in [4.69, 9.17) is 14.7 Å². The Balaban J connectivity index is 0.00000156. The zero-order chi connectivity index (χ0) is 15.3. The summed E-state index contributed by atoms with van der Waals surface area (Å²) in [5.74, 6) is 1.07. The van der Waals surface area contributed by atoms with Crippen LogP contribution in [-0.4, -0.2) is 15.1 Å². The zero-order valence-electron chi connectivity index (χ0n) is 11.9. The molecule has 1 saturated carbocycles. The largest absolute Gasteiger partial charge is 0.451 e. The van der Waals surface area contributed by atoms with Gasteiger partial charge in [0.1, 0.15) is 5.58 Å². The number of nitro benzene ring substituents is 1. The summed E-state index contributed by atoms with van der Waals surface area (Å²) >= 11 is 0. The molecule has 0 amide bonds. The van der Waals surface area contributed by atoms with Gasteiger partial charge in [-0.2, -0.15) is 4.98 Å². The quantitative estimate of drug-likeness (QED) is 0.575. The SMILES string of the molecule is Cl.NC1(c2noc(-c3cc4cc([N+](=O)[O-])ccc4o3)n2)CCC1. The van der Waals surface area contributed by atoms with Crippen LogP contribution in [0.5, 0.6) is 0 Å². The first kappa shape index (κ1) is 15.4. The number of benzene rings is 1. The van der Waals surface area contributed by atoms with Crippen LogP contribution in [0.4, 0.5) is 5.69 Å². The third kappa shape index (κ3) is 2.45. The summed E-state index contributed by atoms with van der Waals surface area (Å²) in [6.07, 6.45) is 2.71. The Morgan fingerprint density at radius 2 is 2.09 bits per heavy atom. The van der Waals surface area contributed by atoms with Crippen molar-refractivity contribution in [1.29, 1.82) is 0 Å². The number of hydrogen-bond donors (Lipinski definition) is 1. The van der Waals surface area contributed by atoms with Crippen molar-refractivity contribution in [2.75, 3.05) is 0 Å².